The van der Waals surface area contributed by atoms with Gasteiger partial charge in [0.25, 0.3) is 0 Å². The molecule has 2 aromatic rings. The second-order valence-corrected chi connectivity index (χ2v) is 5.72. The Bertz CT molecular complexity index is 734. The zero-order chi connectivity index (χ0) is 20.0. The van der Waals surface area contributed by atoms with Gasteiger partial charge in [-0.15, -0.1) is 0 Å². The van der Waals surface area contributed by atoms with Crippen molar-refractivity contribution in [3.05, 3.63) is 24.3 Å². The lowest BCUT2D eigenvalue weighted by molar-refractivity contribution is -0.197. The molecule has 10 heteroatoms. The van der Waals surface area contributed by atoms with Gasteiger partial charge in [0.15, 0.2) is 6.10 Å². The third kappa shape index (κ3) is 5.60. The van der Waals surface area contributed by atoms with E-state index in [0.29, 0.717) is 24.5 Å². The third-order valence-electron chi connectivity index (χ3n) is 3.80. The highest BCUT2D eigenvalue weighted by atomic mass is 19.4. The summed E-state index contributed by atoms with van der Waals surface area (Å²) in [5.74, 6) is 0.323. The van der Waals surface area contributed by atoms with Crippen LogP contribution in [0.4, 0.5) is 36.4 Å². The van der Waals surface area contributed by atoms with Gasteiger partial charge in [-0.1, -0.05) is 6.92 Å². The van der Waals surface area contributed by atoms with Crippen molar-refractivity contribution in [2.75, 3.05) is 29.0 Å². The Morgan fingerprint density at radius 3 is 2.22 bits per heavy atom. The lowest BCUT2D eigenvalue weighted by Gasteiger charge is -2.22. The lowest BCUT2D eigenvalue weighted by Crippen LogP contribution is -2.34. The number of nitrogen functional groups attached to an aromatic ring is 1. The highest BCUT2D eigenvalue weighted by molar-refractivity contribution is 5.58. The van der Waals surface area contributed by atoms with E-state index in [1.165, 1.54) is 6.92 Å². The minimum atomic E-state index is -4.51. The standard InChI is InChI=1S/C17H23F3N6O/c1-4-13(17(18,19)20)27-16-24-14(22-12-9-7-11(21)8-10-12)23-15(25-16)26(5-2)6-3/h7-10,13H,4-6,21H2,1-3H3,(H,22,23,24,25). The minimum Gasteiger partial charge on any atom is -0.450 e. The van der Waals surface area contributed by atoms with Gasteiger partial charge in [-0.2, -0.15) is 28.1 Å². The van der Waals surface area contributed by atoms with Gasteiger partial charge in [-0.3, -0.25) is 0 Å². The quantitative estimate of drug-likeness (QED) is 0.670. The molecule has 0 aliphatic carbocycles. The van der Waals surface area contributed by atoms with Crippen LogP contribution in [0.1, 0.15) is 27.2 Å². The Hall–Kier alpha value is -2.78. The van der Waals surface area contributed by atoms with Crippen LogP contribution < -0.4 is 20.7 Å². The highest BCUT2D eigenvalue weighted by Crippen LogP contribution is 2.27. The van der Waals surface area contributed by atoms with Gasteiger partial charge in [0.05, 0.1) is 0 Å². The van der Waals surface area contributed by atoms with Crippen LogP contribution in [-0.4, -0.2) is 40.3 Å². The number of nitrogens with one attached hydrogen (secondary N) is 1. The molecule has 0 amide bonds. The van der Waals surface area contributed by atoms with E-state index in [4.69, 9.17) is 10.5 Å². The first-order valence-corrected chi connectivity index (χ1v) is 8.63. The molecule has 1 aromatic heterocycles. The molecule has 1 atom stereocenters. The van der Waals surface area contributed by atoms with Gasteiger partial charge >= 0.3 is 12.2 Å². The van der Waals surface area contributed by atoms with Crippen molar-refractivity contribution in [3.63, 3.8) is 0 Å². The Balaban J connectivity index is 2.37. The number of rotatable bonds is 8. The Morgan fingerprint density at radius 2 is 1.70 bits per heavy atom. The van der Waals surface area contributed by atoms with Crippen molar-refractivity contribution in [1.82, 2.24) is 15.0 Å². The number of nitrogens with two attached hydrogens (primary N) is 1. The minimum absolute atomic E-state index is 0.0868. The normalized spacial score (nSPS) is 12.5. The van der Waals surface area contributed by atoms with Crippen LogP contribution >= 0.6 is 0 Å². The summed E-state index contributed by atoms with van der Waals surface area (Å²) in [6.07, 6.45) is -6.76. The maximum atomic E-state index is 13.0. The number of alkyl halides is 3. The third-order valence-corrected chi connectivity index (χ3v) is 3.80. The van der Waals surface area contributed by atoms with E-state index >= 15 is 0 Å². The number of halogens is 3. The molecular weight excluding hydrogens is 361 g/mol. The van der Waals surface area contributed by atoms with Gasteiger partial charge in [-0.25, -0.2) is 0 Å². The zero-order valence-corrected chi connectivity index (χ0v) is 15.4. The molecular formula is C17H23F3N6O. The van der Waals surface area contributed by atoms with Crippen LogP contribution in [0.25, 0.3) is 0 Å². The molecule has 7 nitrogen and oxygen atoms in total. The van der Waals surface area contributed by atoms with E-state index in [9.17, 15) is 13.2 Å². The van der Waals surface area contributed by atoms with E-state index in [1.807, 2.05) is 13.8 Å². The molecule has 0 saturated carbocycles. The van der Waals surface area contributed by atoms with Crippen molar-refractivity contribution in [3.8, 4) is 6.01 Å². The van der Waals surface area contributed by atoms with Crippen molar-refractivity contribution in [2.24, 2.45) is 0 Å². The van der Waals surface area contributed by atoms with Gasteiger partial charge in [-0.05, 0) is 44.5 Å². The first-order chi connectivity index (χ1) is 12.8. The molecule has 0 aliphatic rings. The summed E-state index contributed by atoms with van der Waals surface area (Å²) < 4.78 is 44.2. The molecule has 2 rings (SSSR count). The van der Waals surface area contributed by atoms with Gasteiger partial charge in [0, 0.05) is 24.5 Å². The van der Waals surface area contributed by atoms with Crippen LogP contribution in [-0.2, 0) is 0 Å². The van der Waals surface area contributed by atoms with Crippen LogP contribution in [0.3, 0.4) is 0 Å². The fourth-order valence-corrected chi connectivity index (χ4v) is 2.31. The average Bonchev–Trinajstić information content (AvgIpc) is 2.61. The van der Waals surface area contributed by atoms with Crippen LogP contribution in [0.5, 0.6) is 6.01 Å². The first kappa shape index (κ1) is 20.5. The molecule has 0 fully saturated rings. The molecule has 3 N–H and O–H groups in total. The van der Waals surface area contributed by atoms with Crippen molar-refractivity contribution >= 4 is 23.3 Å². The zero-order valence-electron chi connectivity index (χ0n) is 15.4. The fourth-order valence-electron chi connectivity index (χ4n) is 2.31. The first-order valence-electron chi connectivity index (χ1n) is 8.63. The second-order valence-electron chi connectivity index (χ2n) is 5.72. The molecule has 0 radical (unpaired) electrons. The largest absolute Gasteiger partial charge is 0.450 e. The van der Waals surface area contributed by atoms with Crippen molar-refractivity contribution < 1.29 is 17.9 Å². The Labute approximate surface area is 155 Å². The smallest absolute Gasteiger partial charge is 0.425 e. The summed E-state index contributed by atoms with van der Waals surface area (Å²) >= 11 is 0. The molecule has 0 saturated heterocycles. The molecule has 0 aliphatic heterocycles. The van der Waals surface area contributed by atoms with E-state index in [-0.39, 0.29) is 24.3 Å². The number of nitrogens with zero attached hydrogens (tertiary/aromatic N) is 4. The number of aromatic nitrogens is 3. The summed E-state index contributed by atoms with van der Waals surface area (Å²) in [5, 5.41) is 2.94. The van der Waals surface area contributed by atoms with Gasteiger partial charge in [0.1, 0.15) is 0 Å². The predicted molar refractivity (Wildman–Crippen MR) is 98.3 cm³/mol. The maximum Gasteiger partial charge on any atom is 0.425 e. The van der Waals surface area contributed by atoms with E-state index in [1.54, 1.807) is 29.2 Å². The molecule has 27 heavy (non-hydrogen) atoms. The number of hydrogen-bond donors (Lipinski definition) is 2. The molecule has 0 bridgehead atoms. The fraction of sp³-hybridized carbons (Fsp3) is 0.471. The molecule has 1 heterocycles. The van der Waals surface area contributed by atoms with E-state index in [2.05, 4.69) is 20.3 Å². The lowest BCUT2D eigenvalue weighted by atomic mass is 10.3. The highest BCUT2D eigenvalue weighted by Gasteiger charge is 2.41. The number of benzene rings is 1. The van der Waals surface area contributed by atoms with Crippen molar-refractivity contribution in [2.45, 2.75) is 39.5 Å². The topological polar surface area (TPSA) is 89.2 Å². The molecule has 0 spiro atoms. The maximum absolute atomic E-state index is 13.0. The summed E-state index contributed by atoms with van der Waals surface area (Å²) in [6, 6.07) is 6.41. The van der Waals surface area contributed by atoms with Crippen LogP contribution in [0.2, 0.25) is 0 Å². The summed E-state index contributed by atoms with van der Waals surface area (Å²) in [5.41, 5.74) is 6.87. The second kappa shape index (κ2) is 8.74. The van der Waals surface area contributed by atoms with Crippen LogP contribution in [0.15, 0.2) is 24.3 Å². The Kier molecular flexibility index (Phi) is 6.65. The summed E-state index contributed by atoms with van der Waals surface area (Å²) in [4.78, 5) is 14.1. The molecule has 1 aromatic carbocycles. The van der Waals surface area contributed by atoms with Crippen LogP contribution in [0, 0.1) is 0 Å². The van der Waals surface area contributed by atoms with Gasteiger partial charge < -0.3 is 20.7 Å². The Morgan fingerprint density at radius 1 is 1.07 bits per heavy atom. The van der Waals surface area contributed by atoms with Crippen molar-refractivity contribution in [1.29, 1.82) is 0 Å². The molecule has 1 unspecified atom stereocenters. The predicted octanol–water partition coefficient (Wildman–Crippen LogP) is 3.76. The van der Waals surface area contributed by atoms with E-state index in [0.717, 1.165) is 0 Å². The monoisotopic (exact) mass is 384 g/mol. The summed E-state index contributed by atoms with van der Waals surface area (Å²) in [6.45, 7) is 6.34. The van der Waals surface area contributed by atoms with E-state index < -0.39 is 12.3 Å². The number of anilines is 4. The van der Waals surface area contributed by atoms with Gasteiger partial charge in [0.2, 0.25) is 11.9 Å². The average molecular weight is 384 g/mol. The number of hydrogen-bond acceptors (Lipinski definition) is 7. The SMILES string of the molecule is CCC(Oc1nc(Nc2ccc(N)cc2)nc(N(CC)CC)n1)C(F)(F)F. The summed E-state index contributed by atoms with van der Waals surface area (Å²) in [7, 11) is 0. The molecule has 148 valence electrons. The number of ether oxygens (including phenoxy) is 1.